The topological polar surface area (TPSA) is 63.2 Å². The van der Waals surface area contributed by atoms with E-state index in [0.29, 0.717) is 29.5 Å². The Labute approximate surface area is 139 Å². The van der Waals surface area contributed by atoms with Crippen LogP contribution in [0.5, 0.6) is 0 Å². The highest BCUT2D eigenvalue weighted by Gasteiger charge is 2.33. The number of pyridine rings is 2. The molecular formula is C19H15N3O2. The summed E-state index contributed by atoms with van der Waals surface area (Å²) in [6, 6.07) is 9.81. The van der Waals surface area contributed by atoms with Crippen LogP contribution < -0.4 is 0 Å². The van der Waals surface area contributed by atoms with Crippen molar-refractivity contribution in [3.8, 4) is 0 Å². The molecule has 0 unspecified atom stereocenters. The number of carbonyl (C=O) groups excluding carboxylic acids is 2. The van der Waals surface area contributed by atoms with E-state index in [2.05, 4.69) is 9.97 Å². The van der Waals surface area contributed by atoms with Crippen LogP contribution in [0.2, 0.25) is 0 Å². The number of carbonyl (C=O) groups is 2. The lowest BCUT2D eigenvalue weighted by molar-refractivity contribution is 0.0612. The summed E-state index contributed by atoms with van der Waals surface area (Å²) >= 11 is 0. The maximum absolute atomic E-state index is 12.8. The Bertz CT molecular complexity index is 945. The zero-order valence-electron chi connectivity index (χ0n) is 13.2. The van der Waals surface area contributed by atoms with Crippen LogP contribution in [0.1, 0.15) is 32.0 Å². The molecule has 0 fully saturated rings. The number of hydrogen-bond donors (Lipinski definition) is 0. The second-order valence-corrected chi connectivity index (χ2v) is 5.86. The smallest absolute Gasteiger partial charge is 0.262 e. The number of nitrogens with zero attached hydrogens (tertiary/aromatic N) is 3. The molecule has 5 nitrogen and oxygen atoms in total. The van der Waals surface area contributed by atoms with E-state index in [0.717, 1.165) is 16.6 Å². The quantitative estimate of drug-likeness (QED) is 0.697. The average molecular weight is 317 g/mol. The van der Waals surface area contributed by atoms with Crippen molar-refractivity contribution < 1.29 is 9.59 Å². The SMILES string of the molecule is Cc1ncc2c3c(cncc13)C(=O)N(CCc1ccccc1)C2=O. The Balaban J connectivity index is 1.74. The number of benzene rings is 1. The van der Waals surface area contributed by atoms with Crippen LogP contribution in [0.4, 0.5) is 0 Å². The van der Waals surface area contributed by atoms with Crippen molar-refractivity contribution >= 4 is 22.6 Å². The molecule has 0 spiro atoms. The lowest BCUT2D eigenvalue weighted by atomic mass is 9.96. The van der Waals surface area contributed by atoms with Crippen molar-refractivity contribution in [3.63, 3.8) is 0 Å². The predicted molar refractivity (Wildman–Crippen MR) is 89.8 cm³/mol. The lowest BCUT2D eigenvalue weighted by Gasteiger charge is -2.27. The summed E-state index contributed by atoms with van der Waals surface area (Å²) < 4.78 is 0. The second kappa shape index (κ2) is 5.53. The van der Waals surface area contributed by atoms with Crippen molar-refractivity contribution in [1.29, 1.82) is 0 Å². The zero-order valence-corrected chi connectivity index (χ0v) is 13.2. The maximum atomic E-state index is 12.8. The van der Waals surface area contributed by atoms with Gasteiger partial charge in [-0.1, -0.05) is 30.3 Å². The van der Waals surface area contributed by atoms with E-state index in [1.54, 1.807) is 12.4 Å². The van der Waals surface area contributed by atoms with Gasteiger partial charge in [0, 0.05) is 41.6 Å². The molecule has 118 valence electrons. The summed E-state index contributed by atoms with van der Waals surface area (Å²) in [5, 5.41) is 1.43. The summed E-state index contributed by atoms with van der Waals surface area (Å²) in [5.41, 5.74) is 2.80. The van der Waals surface area contributed by atoms with Gasteiger partial charge >= 0.3 is 0 Å². The van der Waals surface area contributed by atoms with Gasteiger partial charge in [0.25, 0.3) is 11.8 Å². The molecule has 0 saturated carbocycles. The molecule has 3 heterocycles. The zero-order chi connectivity index (χ0) is 16.7. The van der Waals surface area contributed by atoms with Crippen LogP contribution in [0.15, 0.2) is 48.9 Å². The molecule has 24 heavy (non-hydrogen) atoms. The highest BCUT2D eigenvalue weighted by atomic mass is 16.2. The molecule has 4 rings (SSSR count). The summed E-state index contributed by atoms with van der Waals surface area (Å²) in [4.78, 5) is 35.3. The first kappa shape index (κ1) is 14.5. The van der Waals surface area contributed by atoms with Gasteiger partial charge < -0.3 is 0 Å². The number of rotatable bonds is 3. The molecule has 2 aromatic heterocycles. The molecular weight excluding hydrogens is 302 g/mol. The molecule has 0 bridgehead atoms. The van der Waals surface area contributed by atoms with Gasteiger partial charge in [-0.3, -0.25) is 24.5 Å². The fourth-order valence-electron chi connectivity index (χ4n) is 3.12. The summed E-state index contributed by atoms with van der Waals surface area (Å²) in [7, 11) is 0. The normalized spacial score (nSPS) is 13.6. The van der Waals surface area contributed by atoms with Crippen LogP contribution in [-0.2, 0) is 6.42 Å². The van der Waals surface area contributed by atoms with Crippen LogP contribution in [0.3, 0.4) is 0 Å². The first-order valence-corrected chi connectivity index (χ1v) is 7.80. The van der Waals surface area contributed by atoms with Gasteiger partial charge in [0.15, 0.2) is 0 Å². The Morgan fingerprint density at radius 1 is 0.958 bits per heavy atom. The first-order chi connectivity index (χ1) is 11.7. The molecule has 5 heteroatoms. The minimum absolute atomic E-state index is 0.285. The van der Waals surface area contributed by atoms with Crippen molar-refractivity contribution in [2.45, 2.75) is 13.3 Å². The third kappa shape index (κ3) is 2.17. The minimum Gasteiger partial charge on any atom is -0.274 e. The lowest BCUT2D eigenvalue weighted by Crippen LogP contribution is -2.41. The molecule has 1 aliphatic heterocycles. The Morgan fingerprint density at radius 2 is 1.67 bits per heavy atom. The van der Waals surface area contributed by atoms with Gasteiger partial charge in [0.05, 0.1) is 11.1 Å². The van der Waals surface area contributed by atoms with Gasteiger partial charge in [0.1, 0.15) is 0 Å². The van der Waals surface area contributed by atoms with Crippen molar-refractivity contribution in [2.24, 2.45) is 0 Å². The maximum Gasteiger partial charge on any atom is 0.262 e. The van der Waals surface area contributed by atoms with Crippen molar-refractivity contribution in [2.75, 3.05) is 6.54 Å². The molecule has 0 N–H and O–H groups in total. The highest BCUT2D eigenvalue weighted by molar-refractivity contribution is 6.25. The van der Waals surface area contributed by atoms with E-state index in [1.807, 2.05) is 37.3 Å². The van der Waals surface area contributed by atoms with E-state index in [-0.39, 0.29) is 11.8 Å². The number of aromatic nitrogens is 2. The fourth-order valence-corrected chi connectivity index (χ4v) is 3.12. The van der Waals surface area contributed by atoms with Crippen LogP contribution in [0.25, 0.3) is 10.8 Å². The third-order valence-corrected chi connectivity index (χ3v) is 4.41. The average Bonchev–Trinajstić information content (AvgIpc) is 2.61. The first-order valence-electron chi connectivity index (χ1n) is 7.80. The van der Waals surface area contributed by atoms with Crippen LogP contribution >= 0.6 is 0 Å². The molecule has 0 atom stereocenters. The van der Waals surface area contributed by atoms with Crippen molar-refractivity contribution in [1.82, 2.24) is 14.9 Å². The van der Waals surface area contributed by atoms with Gasteiger partial charge in [-0.15, -0.1) is 0 Å². The third-order valence-electron chi connectivity index (χ3n) is 4.41. The predicted octanol–water partition coefficient (Wildman–Crippen LogP) is 2.78. The molecule has 0 aliphatic carbocycles. The van der Waals surface area contributed by atoms with Crippen molar-refractivity contribution in [3.05, 3.63) is 71.3 Å². The fraction of sp³-hybridized carbons (Fsp3) is 0.158. The standard InChI is InChI=1S/C19H15N3O2/c1-12-14-9-20-10-15-17(14)16(11-21-12)19(24)22(18(15)23)8-7-13-5-3-2-4-6-13/h2-6,9-11H,7-8H2,1H3. The van der Waals surface area contributed by atoms with Gasteiger partial charge in [0.2, 0.25) is 0 Å². The Hall–Kier alpha value is -3.08. The van der Waals surface area contributed by atoms with Crippen LogP contribution in [0, 0.1) is 6.92 Å². The van der Waals surface area contributed by atoms with E-state index >= 15 is 0 Å². The number of hydrogen-bond acceptors (Lipinski definition) is 4. The molecule has 1 aromatic carbocycles. The Kier molecular flexibility index (Phi) is 3.34. The molecule has 0 radical (unpaired) electrons. The summed E-state index contributed by atoms with van der Waals surface area (Å²) in [6.45, 7) is 2.19. The molecule has 2 amide bonds. The van der Waals surface area contributed by atoms with E-state index in [9.17, 15) is 9.59 Å². The van der Waals surface area contributed by atoms with E-state index in [1.165, 1.54) is 11.1 Å². The van der Waals surface area contributed by atoms with Gasteiger partial charge in [-0.05, 0) is 18.9 Å². The number of imide groups is 1. The summed E-state index contributed by atoms with van der Waals surface area (Å²) in [6.07, 6.45) is 5.38. The van der Waals surface area contributed by atoms with E-state index < -0.39 is 0 Å². The number of amides is 2. The van der Waals surface area contributed by atoms with E-state index in [4.69, 9.17) is 0 Å². The molecule has 3 aromatic rings. The Morgan fingerprint density at radius 3 is 2.42 bits per heavy atom. The minimum atomic E-state index is -0.285. The van der Waals surface area contributed by atoms with Gasteiger partial charge in [-0.2, -0.15) is 0 Å². The highest BCUT2D eigenvalue weighted by Crippen LogP contribution is 2.30. The second-order valence-electron chi connectivity index (χ2n) is 5.86. The largest absolute Gasteiger partial charge is 0.274 e. The number of aryl methyl sites for hydroxylation is 1. The monoisotopic (exact) mass is 317 g/mol. The molecule has 0 saturated heterocycles. The summed E-state index contributed by atoms with van der Waals surface area (Å²) in [5.74, 6) is -0.570. The molecule has 1 aliphatic rings. The van der Waals surface area contributed by atoms with Gasteiger partial charge in [-0.25, -0.2) is 0 Å². The van der Waals surface area contributed by atoms with Crippen LogP contribution in [-0.4, -0.2) is 33.2 Å².